The van der Waals surface area contributed by atoms with Crippen molar-refractivity contribution in [2.24, 2.45) is 5.92 Å². The predicted molar refractivity (Wildman–Crippen MR) is 86.8 cm³/mol. The molecule has 0 amide bonds. The van der Waals surface area contributed by atoms with Gasteiger partial charge in [-0.25, -0.2) is 9.97 Å². The van der Waals surface area contributed by atoms with Gasteiger partial charge in [-0.3, -0.25) is 4.79 Å². The second-order valence-corrected chi connectivity index (χ2v) is 5.80. The molecule has 1 fully saturated rings. The van der Waals surface area contributed by atoms with Gasteiger partial charge in [0, 0.05) is 19.1 Å². The number of esters is 1. The Morgan fingerprint density at radius 3 is 3.00 bits per heavy atom. The Kier molecular flexibility index (Phi) is 5.41. The topological polar surface area (TPSA) is 93.4 Å². The molecule has 1 unspecified atom stereocenters. The Balaban J connectivity index is 2.15. The van der Waals surface area contributed by atoms with Gasteiger partial charge < -0.3 is 20.7 Å². The van der Waals surface area contributed by atoms with Crippen molar-refractivity contribution in [1.29, 1.82) is 0 Å². The Morgan fingerprint density at radius 1 is 1.55 bits per heavy atom. The molecule has 1 aromatic rings. The molecular formula is C15H25N5O2. The standard InChI is InChI=1S/C15H25N5O2/c1-4-22-15(21)11-6-5-7-20(8-11)14-12(16)13(17-9-18-14)19-10(2)3/h9-11H,4-8,16H2,1-3H3,(H,17,18,19). The average molecular weight is 307 g/mol. The Hall–Kier alpha value is -2.05. The van der Waals surface area contributed by atoms with Gasteiger partial charge in [0.15, 0.2) is 11.6 Å². The molecule has 3 N–H and O–H groups in total. The van der Waals surface area contributed by atoms with Gasteiger partial charge in [-0.15, -0.1) is 0 Å². The van der Waals surface area contributed by atoms with Crippen LogP contribution in [0.5, 0.6) is 0 Å². The van der Waals surface area contributed by atoms with E-state index in [0.717, 1.165) is 19.4 Å². The first-order chi connectivity index (χ1) is 10.5. The summed E-state index contributed by atoms with van der Waals surface area (Å²) in [6, 6.07) is 0.235. The summed E-state index contributed by atoms with van der Waals surface area (Å²) in [5.41, 5.74) is 6.73. The highest BCUT2D eigenvalue weighted by molar-refractivity contribution is 5.77. The number of anilines is 3. The lowest BCUT2D eigenvalue weighted by Gasteiger charge is -2.33. The van der Waals surface area contributed by atoms with Crippen molar-refractivity contribution in [3.05, 3.63) is 6.33 Å². The largest absolute Gasteiger partial charge is 0.466 e. The fraction of sp³-hybridized carbons (Fsp3) is 0.667. The van der Waals surface area contributed by atoms with E-state index in [0.29, 0.717) is 30.5 Å². The number of nitrogen functional groups attached to an aromatic ring is 1. The summed E-state index contributed by atoms with van der Waals surface area (Å²) in [6.45, 7) is 7.70. The monoisotopic (exact) mass is 307 g/mol. The number of nitrogens with zero attached hydrogens (tertiary/aromatic N) is 3. The molecule has 0 saturated carbocycles. The van der Waals surface area contributed by atoms with Crippen molar-refractivity contribution in [3.63, 3.8) is 0 Å². The number of hydrogen-bond donors (Lipinski definition) is 2. The van der Waals surface area contributed by atoms with Crippen molar-refractivity contribution in [3.8, 4) is 0 Å². The molecule has 1 aliphatic rings. The maximum Gasteiger partial charge on any atom is 0.310 e. The lowest BCUT2D eigenvalue weighted by molar-refractivity contribution is -0.148. The van der Waals surface area contributed by atoms with E-state index in [2.05, 4.69) is 15.3 Å². The van der Waals surface area contributed by atoms with Gasteiger partial charge in [0.1, 0.15) is 12.0 Å². The summed E-state index contributed by atoms with van der Waals surface area (Å²) in [7, 11) is 0. The minimum Gasteiger partial charge on any atom is -0.466 e. The number of nitrogens with one attached hydrogen (secondary N) is 1. The quantitative estimate of drug-likeness (QED) is 0.799. The SMILES string of the molecule is CCOC(=O)C1CCCN(c2ncnc(NC(C)C)c2N)C1. The van der Waals surface area contributed by atoms with Crippen LogP contribution >= 0.6 is 0 Å². The van der Waals surface area contributed by atoms with Crippen LogP contribution in [0, 0.1) is 5.92 Å². The molecule has 0 spiro atoms. The van der Waals surface area contributed by atoms with E-state index in [1.807, 2.05) is 25.7 Å². The average Bonchev–Trinajstić information content (AvgIpc) is 2.49. The van der Waals surface area contributed by atoms with Crippen LogP contribution in [0.2, 0.25) is 0 Å². The van der Waals surface area contributed by atoms with E-state index in [4.69, 9.17) is 10.5 Å². The third-order valence-electron chi connectivity index (χ3n) is 3.63. The van der Waals surface area contributed by atoms with E-state index in [-0.39, 0.29) is 17.9 Å². The highest BCUT2D eigenvalue weighted by atomic mass is 16.5. The summed E-state index contributed by atoms with van der Waals surface area (Å²) in [6.07, 6.45) is 3.27. The minimum absolute atomic E-state index is 0.121. The first kappa shape index (κ1) is 16.3. The zero-order valence-electron chi connectivity index (χ0n) is 13.5. The Labute approximate surface area is 131 Å². The highest BCUT2D eigenvalue weighted by Gasteiger charge is 2.29. The zero-order chi connectivity index (χ0) is 16.1. The molecule has 0 radical (unpaired) electrons. The van der Waals surface area contributed by atoms with Crippen LogP contribution < -0.4 is 16.0 Å². The van der Waals surface area contributed by atoms with Crippen molar-refractivity contribution in [2.45, 2.75) is 39.7 Å². The number of carbonyl (C=O) groups excluding carboxylic acids is 1. The Bertz CT molecular complexity index is 521. The summed E-state index contributed by atoms with van der Waals surface area (Å²) < 4.78 is 5.13. The minimum atomic E-state index is -0.139. The third-order valence-corrected chi connectivity index (χ3v) is 3.63. The van der Waals surface area contributed by atoms with Crippen LogP contribution in [0.25, 0.3) is 0 Å². The molecule has 2 heterocycles. The molecule has 1 aliphatic heterocycles. The second-order valence-electron chi connectivity index (χ2n) is 5.80. The van der Waals surface area contributed by atoms with Gasteiger partial charge >= 0.3 is 5.97 Å². The molecule has 2 rings (SSSR count). The molecule has 7 nitrogen and oxygen atoms in total. The molecule has 0 aromatic carbocycles. The van der Waals surface area contributed by atoms with Crippen molar-refractivity contribution < 1.29 is 9.53 Å². The van der Waals surface area contributed by atoms with Gasteiger partial charge in [0.05, 0.1) is 12.5 Å². The van der Waals surface area contributed by atoms with Crippen LogP contribution in [0.15, 0.2) is 6.33 Å². The molecule has 122 valence electrons. The summed E-state index contributed by atoms with van der Waals surface area (Å²) in [5, 5.41) is 3.21. The van der Waals surface area contributed by atoms with Crippen LogP contribution in [-0.2, 0) is 9.53 Å². The number of carbonyl (C=O) groups is 1. The maximum atomic E-state index is 11.9. The first-order valence-corrected chi connectivity index (χ1v) is 7.81. The zero-order valence-corrected chi connectivity index (χ0v) is 13.5. The summed E-state index contributed by atoms with van der Waals surface area (Å²) >= 11 is 0. The fourth-order valence-electron chi connectivity index (χ4n) is 2.65. The van der Waals surface area contributed by atoms with E-state index in [9.17, 15) is 4.79 Å². The third kappa shape index (κ3) is 3.78. The molecule has 22 heavy (non-hydrogen) atoms. The normalized spacial score (nSPS) is 18.4. The lowest BCUT2D eigenvalue weighted by Crippen LogP contribution is -2.40. The number of hydrogen-bond acceptors (Lipinski definition) is 7. The lowest BCUT2D eigenvalue weighted by atomic mass is 9.98. The predicted octanol–water partition coefficient (Wildman–Crippen LogP) is 1.66. The second kappa shape index (κ2) is 7.29. The number of nitrogens with two attached hydrogens (primary N) is 1. The summed E-state index contributed by atoms with van der Waals surface area (Å²) in [5.74, 6) is 1.07. The van der Waals surface area contributed by atoms with E-state index >= 15 is 0 Å². The first-order valence-electron chi connectivity index (χ1n) is 7.81. The van der Waals surface area contributed by atoms with Crippen LogP contribution in [-0.4, -0.2) is 41.7 Å². The van der Waals surface area contributed by atoms with Crippen LogP contribution in [0.4, 0.5) is 17.3 Å². The molecular weight excluding hydrogens is 282 g/mol. The molecule has 0 bridgehead atoms. The van der Waals surface area contributed by atoms with Gasteiger partial charge in [0.25, 0.3) is 0 Å². The van der Waals surface area contributed by atoms with Gasteiger partial charge in [0.2, 0.25) is 0 Å². The van der Waals surface area contributed by atoms with Crippen LogP contribution in [0.3, 0.4) is 0 Å². The van der Waals surface area contributed by atoms with Gasteiger partial charge in [-0.05, 0) is 33.6 Å². The number of rotatable bonds is 5. The van der Waals surface area contributed by atoms with Gasteiger partial charge in [-0.1, -0.05) is 0 Å². The maximum absolute atomic E-state index is 11.9. The number of aromatic nitrogens is 2. The molecule has 1 saturated heterocycles. The van der Waals surface area contributed by atoms with E-state index < -0.39 is 0 Å². The summed E-state index contributed by atoms with van der Waals surface area (Å²) in [4.78, 5) is 22.5. The van der Waals surface area contributed by atoms with Gasteiger partial charge in [-0.2, -0.15) is 0 Å². The highest BCUT2D eigenvalue weighted by Crippen LogP contribution is 2.30. The van der Waals surface area contributed by atoms with Crippen molar-refractivity contribution >= 4 is 23.3 Å². The number of ether oxygens (including phenoxy) is 1. The van der Waals surface area contributed by atoms with E-state index in [1.54, 1.807) is 0 Å². The van der Waals surface area contributed by atoms with Crippen molar-refractivity contribution in [2.75, 3.05) is 35.6 Å². The number of piperidine rings is 1. The molecule has 7 heteroatoms. The Morgan fingerprint density at radius 2 is 2.32 bits per heavy atom. The molecule has 0 aliphatic carbocycles. The van der Waals surface area contributed by atoms with Crippen molar-refractivity contribution in [1.82, 2.24) is 9.97 Å². The van der Waals surface area contributed by atoms with E-state index in [1.165, 1.54) is 6.33 Å². The fourth-order valence-corrected chi connectivity index (χ4v) is 2.65. The molecule has 1 aromatic heterocycles. The van der Waals surface area contributed by atoms with Crippen LogP contribution in [0.1, 0.15) is 33.6 Å². The smallest absolute Gasteiger partial charge is 0.310 e. The molecule has 1 atom stereocenters.